The van der Waals surface area contributed by atoms with Gasteiger partial charge in [0.05, 0.1) is 6.61 Å². The van der Waals surface area contributed by atoms with Crippen molar-refractivity contribution in [3.05, 3.63) is 23.3 Å². The summed E-state index contributed by atoms with van der Waals surface area (Å²) >= 11 is 0. The average Bonchev–Trinajstić information content (AvgIpc) is 2.33. The Balaban J connectivity index is 2.73. The van der Waals surface area contributed by atoms with Crippen LogP contribution in [0.5, 0.6) is 0 Å². The predicted octanol–water partition coefficient (Wildman–Crippen LogP) is 4.66. The molecule has 0 aliphatic heterocycles. The first-order valence-electron chi connectivity index (χ1n) is 7.40. The van der Waals surface area contributed by atoms with Gasteiger partial charge in [-0.2, -0.15) is 0 Å². The van der Waals surface area contributed by atoms with Gasteiger partial charge in [-0.05, 0) is 38.5 Å². The van der Waals surface area contributed by atoms with Gasteiger partial charge in [-0.25, -0.2) is 4.79 Å². The summed E-state index contributed by atoms with van der Waals surface area (Å²) in [5, 5.41) is 0. The highest BCUT2D eigenvalue weighted by Gasteiger charge is 2.31. The van der Waals surface area contributed by atoms with E-state index in [1.54, 1.807) is 0 Å². The van der Waals surface area contributed by atoms with E-state index in [0.29, 0.717) is 12.5 Å². The zero-order chi connectivity index (χ0) is 14.5. The summed E-state index contributed by atoms with van der Waals surface area (Å²) in [4.78, 5) is 11.9. The lowest BCUT2D eigenvalue weighted by molar-refractivity contribution is -0.139. The molecule has 2 heteroatoms. The largest absolute Gasteiger partial charge is 0.462 e. The number of carbonyl (C=O) groups excluding carboxylic acids is 1. The molecule has 1 unspecified atom stereocenters. The van der Waals surface area contributed by atoms with Gasteiger partial charge in [0.1, 0.15) is 0 Å². The van der Waals surface area contributed by atoms with Crippen LogP contribution in [-0.2, 0) is 9.53 Å². The molecule has 0 N–H and O–H groups in total. The number of rotatable bonds is 5. The second kappa shape index (κ2) is 6.93. The van der Waals surface area contributed by atoms with Gasteiger partial charge < -0.3 is 4.74 Å². The number of esters is 1. The van der Waals surface area contributed by atoms with Gasteiger partial charge in [0, 0.05) is 11.5 Å². The van der Waals surface area contributed by atoms with E-state index >= 15 is 0 Å². The summed E-state index contributed by atoms with van der Waals surface area (Å²) in [5.74, 6) is 0.183. The Kier molecular flexibility index (Phi) is 5.84. The van der Waals surface area contributed by atoms with Crippen LogP contribution in [0.1, 0.15) is 60.3 Å². The summed E-state index contributed by atoms with van der Waals surface area (Å²) in [7, 11) is 0. The van der Waals surface area contributed by atoms with E-state index in [2.05, 4.69) is 39.8 Å². The van der Waals surface area contributed by atoms with Crippen LogP contribution >= 0.6 is 0 Å². The van der Waals surface area contributed by atoms with Gasteiger partial charge >= 0.3 is 5.97 Å². The first-order chi connectivity index (χ1) is 8.88. The van der Waals surface area contributed by atoms with E-state index in [1.807, 2.05) is 6.92 Å². The molecule has 1 rings (SSSR count). The normalized spacial score (nSPS) is 22.9. The summed E-state index contributed by atoms with van der Waals surface area (Å²) in [6.45, 7) is 11.2. The Morgan fingerprint density at radius 1 is 1.53 bits per heavy atom. The summed E-state index contributed by atoms with van der Waals surface area (Å²) in [6, 6.07) is 0. The molecule has 0 amide bonds. The van der Waals surface area contributed by atoms with Gasteiger partial charge in [0.2, 0.25) is 0 Å². The molecule has 19 heavy (non-hydrogen) atoms. The second-order valence-corrected chi connectivity index (χ2v) is 6.29. The van der Waals surface area contributed by atoms with Crippen LogP contribution in [0.25, 0.3) is 0 Å². The lowest BCUT2D eigenvalue weighted by Gasteiger charge is -2.37. The monoisotopic (exact) mass is 264 g/mol. The third-order valence-electron chi connectivity index (χ3n) is 4.06. The molecular formula is C17H28O2. The smallest absolute Gasteiger partial charge is 0.333 e. The maximum atomic E-state index is 11.9. The van der Waals surface area contributed by atoms with E-state index < -0.39 is 0 Å². The van der Waals surface area contributed by atoms with E-state index in [9.17, 15) is 4.79 Å². The van der Waals surface area contributed by atoms with Crippen molar-refractivity contribution in [2.24, 2.45) is 11.3 Å². The standard InChI is InChI=1S/C17H28O2/c1-6-7-11-19-16(18)14(3)12-15-13(2)9-8-10-17(15,4)5/h9,12,15H,6-8,10-11H2,1-5H3/b14-12+. The van der Waals surface area contributed by atoms with E-state index in [-0.39, 0.29) is 11.4 Å². The highest BCUT2D eigenvalue weighted by molar-refractivity contribution is 5.87. The summed E-state index contributed by atoms with van der Waals surface area (Å²) in [6.07, 6.45) is 8.69. The molecule has 0 aromatic heterocycles. The van der Waals surface area contributed by atoms with E-state index in [0.717, 1.165) is 24.8 Å². The zero-order valence-corrected chi connectivity index (χ0v) is 13.1. The quantitative estimate of drug-likeness (QED) is 0.312. The Morgan fingerprint density at radius 2 is 2.21 bits per heavy atom. The maximum absolute atomic E-state index is 11.9. The molecule has 0 saturated heterocycles. The molecule has 2 nitrogen and oxygen atoms in total. The average molecular weight is 264 g/mol. The van der Waals surface area contributed by atoms with Gasteiger partial charge in [0.15, 0.2) is 0 Å². The summed E-state index contributed by atoms with van der Waals surface area (Å²) < 4.78 is 5.26. The van der Waals surface area contributed by atoms with Gasteiger partial charge in [-0.15, -0.1) is 0 Å². The molecule has 0 radical (unpaired) electrons. The fraction of sp³-hybridized carbons (Fsp3) is 0.706. The molecule has 0 saturated carbocycles. The van der Waals surface area contributed by atoms with Gasteiger partial charge in [-0.3, -0.25) is 0 Å². The number of carbonyl (C=O) groups is 1. The van der Waals surface area contributed by atoms with Crippen molar-refractivity contribution in [3.63, 3.8) is 0 Å². The molecule has 1 atom stereocenters. The van der Waals surface area contributed by atoms with E-state index in [1.165, 1.54) is 12.0 Å². The molecule has 0 aromatic carbocycles. The Labute approximate surface area is 117 Å². The van der Waals surface area contributed by atoms with Crippen molar-refractivity contribution < 1.29 is 9.53 Å². The lowest BCUT2D eigenvalue weighted by atomic mass is 9.68. The number of allylic oxidation sites excluding steroid dienone is 3. The minimum atomic E-state index is -0.164. The molecule has 0 aromatic rings. The number of unbranched alkanes of at least 4 members (excludes halogenated alkanes) is 1. The summed E-state index contributed by atoms with van der Waals surface area (Å²) in [5.41, 5.74) is 2.34. The number of hydrogen-bond acceptors (Lipinski definition) is 2. The van der Waals surface area contributed by atoms with Crippen molar-refractivity contribution in [2.45, 2.75) is 60.3 Å². The molecule has 1 aliphatic carbocycles. The Morgan fingerprint density at radius 3 is 2.79 bits per heavy atom. The topological polar surface area (TPSA) is 26.3 Å². The first kappa shape index (κ1) is 16.0. The highest BCUT2D eigenvalue weighted by Crippen LogP contribution is 2.42. The zero-order valence-electron chi connectivity index (χ0n) is 13.1. The fourth-order valence-electron chi connectivity index (χ4n) is 2.67. The minimum Gasteiger partial charge on any atom is -0.462 e. The van der Waals surface area contributed by atoms with Crippen LogP contribution in [0, 0.1) is 11.3 Å². The number of hydrogen-bond donors (Lipinski definition) is 0. The molecule has 108 valence electrons. The van der Waals surface area contributed by atoms with Crippen LogP contribution in [0.15, 0.2) is 23.3 Å². The van der Waals surface area contributed by atoms with Crippen LogP contribution in [-0.4, -0.2) is 12.6 Å². The SMILES string of the molecule is CCCCOC(=O)/C(C)=C/C1C(C)=CCCC1(C)C. The molecule has 0 bridgehead atoms. The van der Waals surface area contributed by atoms with Crippen molar-refractivity contribution in [1.82, 2.24) is 0 Å². The minimum absolute atomic E-state index is 0.164. The van der Waals surface area contributed by atoms with Crippen LogP contribution in [0.3, 0.4) is 0 Å². The van der Waals surface area contributed by atoms with Crippen molar-refractivity contribution in [3.8, 4) is 0 Å². The van der Waals surface area contributed by atoms with Gasteiger partial charge in [0.25, 0.3) is 0 Å². The second-order valence-electron chi connectivity index (χ2n) is 6.29. The fourth-order valence-corrected chi connectivity index (χ4v) is 2.67. The number of ether oxygens (including phenoxy) is 1. The molecule has 0 fully saturated rings. The lowest BCUT2D eigenvalue weighted by Crippen LogP contribution is -2.27. The maximum Gasteiger partial charge on any atom is 0.333 e. The van der Waals surface area contributed by atoms with E-state index in [4.69, 9.17) is 4.74 Å². The third-order valence-corrected chi connectivity index (χ3v) is 4.06. The predicted molar refractivity (Wildman–Crippen MR) is 79.9 cm³/mol. The Bertz CT molecular complexity index is 375. The highest BCUT2D eigenvalue weighted by atomic mass is 16.5. The van der Waals surface area contributed by atoms with Crippen molar-refractivity contribution in [2.75, 3.05) is 6.61 Å². The van der Waals surface area contributed by atoms with Crippen LogP contribution < -0.4 is 0 Å². The van der Waals surface area contributed by atoms with Crippen molar-refractivity contribution >= 4 is 5.97 Å². The Hall–Kier alpha value is -1.05. The molecule has 0 spiro atoms. The van der Waals surface area contributed by atoms with Crippen molar-refractivity contribution in [1.29, 1.82) is 0 Å². The molecule has 0 heterocycles. The van der Waals surface area contributed by atoms with Gasteiger partial charge in [-0.1, -0.05) is 44.9 Å². The molecule has 1 aliphatic rings. The third kappa shape index (κ3) is 4.52. The molecular weight excluding hydrogens is 236 g/mol. The van der Waals surface area contributed by atoms with Crippen LogP contribution in [0.4, 0.5) is 0 Å². The van der Waals surface area contributed by atoms with Crippen LogP contribution in [0.2, 0.25) is 0 Å². The first-order valence-corrected chi connectivity index (χ1v) is 7.40.